The summed E-state index contributed by atoms with van der Waals surface area (Å²) >= 11 is 0. The van der Waals surface area contributed by atoms with Crippen molar-refractivity contribution in [3.05, 3.63) is 12.2 Å². The fourth-order valence-electron chi connectivity index (χ4n) is 4.13. The summed E-state index contributed by atoms with van der Waals surface area (Å²) in [6.07, 6.45) is 5.70. The van der Waals surface area contributed by atoms with E-state index in [1.54, 1.807) is 0 Å². The van der Waals surface area contributed by atoms with Crippen molar-refractivity contribution in [1.82, 2.24) is 0 Å². The van der Waals surface area contributed by atoms with Crippen LogP contribution in [0.3, 0.4) is 0 Å². The molecule has 2 nitrogen and oxygen atoms in total. The molecule has 0 aromatic rings. The molecule has 0 aromatic carbocycles. The summed E-state index contributed by atoms with van der Waals surface area (Å²) in [5.41, 5.74) is -0.00778. The van der Waals surface area contributed by atoms with Gasteiger partial charge in [-0.2, -0.15) is 0 Å². The smallest absolute Gasteiger partial charge is 0.143 e. The minimum atomic E-state index is -0.00778. The van der Waals surface area contributed by atoms with Crippen molar-refractivity contribution in [2.75, 3.05) is 0 Å². The third-order valence-electron chi connectivity index (χ3n) is 4.66. The molecule has 6 bridgehead atoms. The molecule has 2 saturated heterocycles. The van der Waals surface area contributed by atoms with Gasteiger partial charge in [0.15, 0.2) is 0 Å². The Kier molecular flexibility index (Phi) is 0.850. The van der Waals surface area contributed by atoms with Gasteiger partial charge in [0.25, 0.3) is 0 Å². The summed E-state index contributed by atoms with van der Waals surface area (Å²) in [6, 6.07) is 0. The topological polar surface area (TPSA) is 26.3 Å². The Morgan fingerprint density at radius 1 is 1.46 bits per heavy atom. The summed E-state index contributed by atoms with van der Waals surface area (Å²) < 4.78 is 6.01. The van der Waals surface area contributed by atoms with Gasteiger partial charge in [-0.05, 0) is 13.3 Å². The van der Waals surface area contributed by atoms with Gasteiger partial charge in [-0.15, -0.1) is 0 Å². The van der Waals surface area contributed by atoms with Crippen LogP contribution in [0.4, 0.5) is 0 Å². The Bertz CT molecular complexity index is 336. The van der Waals surface area contributed by atoms with Gasteiger partial charge in [0.2, 0.25) is 0 Å². The van der Waals surface area contributed by atoms with Crippen LogP contribution in [0.1, 0.15) is 13.3 Å². The van der Waals surface area contributed by atoms with Crippen LogP contribution in [-0.2, 0) is 9.53 Å². The molecule has 13 heavy (non-hydrogen) atoms. The zero-order chi connectivity index (χ0) is 8.79. The van der Waals surface area contributed by atoms with Gasteiger partial charge in [-0.1, -0.05) is 12.2 Å². The van der Waals surface area contributed by atoms with E-state index < -0.39 is 0 Å². The van der Waals surface area contributed by atoms with E-state index >= 15 is 0 Å². The second-order valence-electron chi connectivity index (χ2n) is 5.05. The molecule has 68 valence electrons. The molecule has 2 heteroatoms. The van der Waals surface area contributed by atoms with E-state index in [-0.39, 0.29) is 17.6 Å². The summed E-state index contributed by atoms with van der Waals surface area (Å²) in [5.74, 6) is 1.78. The molecule has 0 amide bonds. The first-order valence-electron chi connectivity index (χ1n) is 5.12. The van der Waals surface area contributed by atoms with Crippen LogP contribution < -0.4 is 0 Å². The van der Waals surface area contributed by atoms with Crippen molar-refractivity contribution in [3.63, 3.8) is 0 Å². The number of carbonyl (C=O) groups is 1. The maximum Gasteiger partial charge on any atom is 0.143 e. The van der Waals surface area contributed by atoms with Crippen LogP contribution in [0.25, 0.3) is 0 Å². The molecule has 3 aliphatic carbocycles. The third kappa shape index (κ3) is 0.485. The Labute approximate surface area is 77.0 Å². The van der Waals surface area contributed by atoms with E-state index in [0.29, 0.717) is 23.5 Å². The molecule has 2 aliphatic heterocycles. The predicted octanol–water partition coefficient (Wildman–Crippen LogP) is 1.16. The molecule has 0 unspecified atom stereocenters. The highest BCUT2D eigenvalue weighted by Gasteiger charge is 2.70. The molecule has 0 N–H and O–H groups in total. The van der Waals surface area contributed by atoms with Crippen LogP contribution in [0.2, 0.25) is 0 Å². The molecule has 0 radical (unpaired) electrons. The van der Waals surface area contributed by atoms with Crippen LogP contribution in [0, 0.1) is 23.7 Å². The quantitative estimate of drug-likeness (QED) is 0.518. The second kappa shape index (κ2) is 1.63. The van der Waals surface area contributed by atoms with Crippen molar-refractivity contribution in [2.24, 2.45) is 23.7 Å². The van der Waals surface area contributed by atoms with Gasteiger partial charge in [-0.25, -0.2) is 0 Å². The zero-order valence-electron chi connectivity index (χ0n) is 7.57. The van der Waals surface area contributed by atoms with Crippen LogP contribution in [-0.4, -0.2) is 17.5 Å². The molecule has 4 fully saturated rings. The normalized spacial score (nSPS) is 65.6. The number of hydrogen-bond acceptors (Lipinski definition) is 2. The molecule has 5 aliphatic rings. The average molecular weight is 176 g/mol. The fraction of sp³-hybridized carbons (Fsp3) is 0.727. The van der Waals surface area contributed by atoms with Crippen LogP contribution >= 0.6 is 0 Å². The van der Waals surface area contributed by atoms with E-state index in [1.807, 2.05) is 0 Å². The highest BCUT2D eigenvalue weighted by Crippen LogP contribution is 2.64. The van der Waals surface area contributed by atoms with Gasteiger partial charge >= 0.3 is 0 Å². The molecule has 2 heterocycles. The van der Waals surface area contributed by atoms with E-state index in [2.05, 4.69) is 19.1 Å². The van der Waals surface area contributed by atoms with E-state index in [1.165, 1.54) is 0 Å². The number of hydrogen-bond donors (Lipinski definition) is 0. The lowest BCUT2D eigenvalue weighted by molar-refractivity contribution is -0.138. The fourth-order valence-corrected chi connectivity index (χ4v) is 4.13. The van der Waals surface area contributed by atoms with Crippen molar-refractivity contribution < 1.29 is 9.53 Å². The largest absolute Gasteiger partial charge is 0.370 e. The molecular formula is C11H12O2. The summed E-state index contributed by atoms with van der Waals surface area (Å²) in [6.45, 7) is 2.19. The highest BCUT2D eigenvalue weighted by atomic mass is 16.5. The maximum absolute atomic E-state index is 11.9. The Morgan fingerprint density at radius 2 is 2.23 bits per heavy atom. The number of ketones is 1. The molecule has 0 spiro atoms. The highest BCUT2D eigenvalue weighted by molar-refractivity contribution is 5.90. The maximum atomic E-state index is 11.9. The third-order valence-corrected chi connectivity index (χ3v) is 4.66. The van der Waals surface area contributed by atoms with Gasteiger partial charge in [0, 0.05) is 17.8 Å². The van der Waals surface area contributed by atoms with Crippen molar-refractivity contribution in [2.45, 2.75) is 25.0 Å². The van der Waals surface area contributed by atoms with E-state index in [9.17, 15) is 4.79 Å². The molecule has 0 aromatic heterocycles. The Hall–Kier alpha value is -0.630. The lowest BCUT2D eigenvalue weighted by Gasteiger charge is -2.40. The lowest BCUT2D eigenvalue weighted by Crippen LogP contribution is -2.47. The Morgan fingerprint density at radius 3 is 3.08 bits per heavy atom. The summed E-state index contributed by atoms with van der Waals surface area (Å²) in [7, 11) is 0. The molecule has 5 rings (SSSR count). The van der Waals surface area contributed by atoms with Crippen LogP contribution in [0.15, 0.2) is 12.2 Å². The monoisotopic (exact) mass is 176 g/mol. The minimum Gasteiger partial charge on any atom is -0.370 e. The minimum absolute atomic E-state index is 0.00778. The first-order chi connectivity index (χ1) is 6.22. The van der Waals surface area contributed by atoms with Crippen molar-refractivity contribution in [3.8, 4) is 0 Å². The van der Waals surface area contributed by atoms with E-state index in [0.717, 1.165) is 6.42 Å². The van der Waals surface area contributed by atoms with Crippen molar-refractivity contribution in [1.29, 1.82) is 0 Å². The standard InChI is InChI=1S/C11H12O2/c1-11-6-2-3-7(11)9-8(13-11)4-5(6)10(9)12/h2-3,5-9H,4H2,1H3/t5-,6-,7+,8+,9-,11-/m1/s1. The second-order valence-corrected chi connectivity index (χ2v) is 5.05. The zero-order valence-corrected chi connectivity index (χ0v) is 7.57. The van der Waals surface area contributed by atoms with Gasteiger partial charge < -0.3 is 4.74 Å². The number of ether oxygens (including phenoxy) is 1. The van der Waals surface area contributed by atoms with E-state index in [4.69, 9.17) is 4.74 Å². The van der Waals surface area contributed by atoms with Crippen molar-refractivity contribution >= 4 is 5.78 Å². The first kappa shape index (κ1) is 6.77. The summed E-state index contributed by atoms with van der Waals surface area (Å²) in [5, 5.41) is 0. The first-order valence-corrected chi connectivity index (χ1v) is 5.12. The molecular weight excluding hydrogens is 164 g/mol. The number of carbonyl (C=O) groups excluding carboxylic acids is 1. The average Bonchev–Trinajstić information content (AvgIpc) is 2.51. The summed E-state index contributed by atoms with van der Waals surface area (Å²) in [4.78, 5) is 11.9. The SMILES string of the molecule is C[C@]12O[C@H]3C[C@H]4C(=O)[C@@H]3[C@@H]1C=C[C@H]42. The molecule has 2 saturated carbocycles. The predicted molar refractivity (Wildman–Crippen MR) is 46.0 cm³/mol. The number of rotatable bonds is 0. The molecule has 6 atom stereocenters. The van der Waals surface area contributed by atoms with Gasteiger partial charge in [0.1, 0.15) is 5.78 Å². The lowest BCUT2D eigenvalue weighted by atomic mass is 9.69. The van der Waals surface area contributed by atoms with Gasteiger partial charge in [-0.3, -0.25) is 4.79 Å². The van der Waals surface area contributed by atoms with Gasteiger partial charge in [0.05, 0.1) is 17.6 Å². The number of Topliss-reactive ketones (excluding diaryl/α,β-unsaturated/α-hetero) is 1. The van der Waals surface area contributed by atoms with Crippen LogP contribution in [0.5, 0.6) is 0 Å². The Balaban J connectivity index is 2.01.